The summed E-state index contributed by atoms with van der Waals surface area (Å²) >= 11 is 2.04. The number of esters is 1. The van der Waals surface area contributed by atoms with Crippen molar-refractivity contribution in [3.63, 3.8) is 0 Å². The number of hydrogen-bond donors (Lipinski definition) is 2. The van der Waals surface area contributed by atoms with Crippen molar-refractivity contribution >= 4 is 42.4 Å². The monoisotopic (exact) mass is 404 g/mol. The van der Waals surface area contributed by atoms with E-state index in [9.17, 15) is 9.59 Å². The average molecular weight is 404 g/mol. The molecule has 0 bridgehead atoms. The van der Waals surface area contributed by atoms with E-state index in [0.29, 0.717) is 19.4 Å². The Labute approximate surface area is 130 Å². The van der Waals surface area contributed by atoms with Crippen molar-refractivity contribution in [2.24, 2.45) is 0 Å². The second-order valence-corrected chi connectivity index (χ2v) is 6.55. The first-order valence-corrected chi connectivity index (χ1v) is 9.25. The lowest BCUT2D eigenvalue weighted by molar-refractivity contribution is -0.145. The minimum absolute atomic E-state index is 0.298. The highest BCUT2D eigenvalue weighted by Crippen LogP contribution is 2.19. The first-order chi connectivity index (χ1) is 8.72. The van der Waals surface area contributed by atoms with Crippen molar-refractivity contribution in [3.8, 4) is 0 Å². The lowest BCUT2D eigenvalue weighted by Gasteiger charge is -2.33. The molecule has 8 heteroatoms. The Morgan fingerprint density at radius 1 is 1.53 bits per heavy atom. The van der Waals surface area contributed by atoms with Crippen LogP contribution in [0.25, 0.3) is 0 Å². The highest BCUT2D eigenvalue weighted by atomic mass is 127. The maximum Gasteiger partial charge on any atom is 0.407 e. The van der Waals surface area contributed by atoms with E-state index in [4.69, 9.17) is 9.84 Å². The third kappa shape index (κ3) is 7.21. The molecule has 0 aliphatic rings. The molecule has 0 aromatic carbocycles. The van der Waals surface area contributed by atoms with E-state index >= 15 is 0 Å². The zero-order valence-corrected chi connectivity index (χ0v) is 14.6. The summed E-state index contributed by atoms with van der Waals surface area (Å²) in [6.07, 6.45) is 0.297. The van der Waals surface area contributed by atoms with Gasteiger partial charge in [0.1, 0.15) is 6.04 Å². The van der Waals surface area contributed by atoms with Gasteiger partial charge in [0.15, 0.2) is 0 Å². The lowest BCUT2D eigenvalue weighted by atomic mass is 9.97. The van der Waals surface area contributed by atoms with Crippen LogP contribution in [-0.4, -0.2) is 47.3 Å². The molecule has 0 aliphatic carbocycles. The Kier molecular flexibility index (Phi) is 8.75. The fourth-order valence-corrected chi connectivity index (χ4v) is 2.72. The number of nitrogens with zero attached hydrogens (tertiary/aromatic N) is 1. The Balaban J connectivity index is 3.98. The van der Waals surface area contributed by atoms with E-state index in [2.05, 4.69) is 4.72 Å². The molecular formula is C11H21IN2O4S. The molecule has 0 heterocycles. The lowest BCUT2D eigenvalue weighted by Crippen LogP contribution is -2.44. The van der Waals surface area contributed by atoms with Gasteiger partial charge >= 0.3 is 12.1 Å². The second kappa shape index (κ2) is 8.85. The maximum atomic E-state index is 11.5. The molecule has 0 aliphatic heterocycles. The second-order valence-electron chi connectivity index (χ2n) is 4.84. The van der Waals surface area contributed by atoms with E-state index < -0.39 is 11.6 Å². The first-order valence-electron chi connectivity index (χ1n) is 5.89. The molecule has 0 aromatic rings. The average Bonchev–Trinajstić information content (AvgIpc) is 2.33. The van der Waals surface area contributed by atoms with Crippen LogP contribution in [0.4, 0.5) is 4.79 Å². The summed E-state index contributed by atoms with van der Waals surface area (Å²) in [7, 11) is 2.88. The predicted octanol–water partition coefficient (Wildman–Crippen LogP) is 2.67. The van der Waals surface area contributed by atoms with Gasteiger partial charge in [-0.3, -0.25) is 4.79 Å². The van der Waals surface area contributed by atoms with Gasteiger partial charge in [0.05, 0.1) is 6.61 Å². The summed E-state index contributed by atoms with van der Waals surface area (Å²) in [6.45, 7) is 5.73. The molecule has 0 saturated heterocycles. The van der Waals surface area contributed by atoms with Crippen LogP contribution in [0.5, 0.6) is 0 Å². The third-order valence-corrected chi connectivity index (χ3v) is 4.15. The van der Waals surface area contributed by atoms with Gasteiger partial charge in [-0.15, -0.1) is 0 Å². The Morgan fingerprint density at radius 3 is 2.58 bits per heavy atom. The normalized spacial score (nSPS) is 12.9. The molecule has 0 aromatic heterocycles. The summed E-state index contributed by atoms with van der Waals surface area (Å²) in [5.41, 5.74) is -0.472. The Morgan fingerprint density at radius 2 is 2.11 bits per heavy atom. The maximum absolute atomic E-state index is 11.5. The van der Waals surface area contributed by atoms with Gasteiger partial charge < -0.3 is 14.7 Å². The molecule has 0 fully saturated rings. The van der Waals surface area contributed by atoms with Crippen LogP contribution in [-0.2, 0) is 9.53 Å². The number of carbonyl (C=O) groups is 2. The number of ether oxygens (including phenoxy) is 1. The van der Waals surface area contributed by atoms with Crippen LogP contribution in [0.3, 0.4) is 0 Å². The topological polar surface area (TPSA) is 78.9 Å². The number of halogens is 1. The number of rotatable bonds is 8. The zero-order chi connectivity index (χ0) is 15.1. The highest BCUT2D eigenvalue weighted by molar-refractivity contribution is 14.2. The molecule has 112 valence electrons. The minimum atomic E-state index is -0.959. The standard InChI is InChI=1S/C11H21IN2O4S/c1-8(13-19-12)9(15)18-7-5-6-11(2,3)14(4)10(16)17/h8,13H,5-7H2,1-4H3,(H,16,17). The largest absolute Gasteiger partial charge is 0.465 e. The summed E-state index contributed by atoms with van der Waals surface area (Å²) in [6, 6.07) is -0.350. The number of carbonyl (C=O) groups excluding carboxylic acids is 1. The van der Waals surface area contributed by atoms with Gasteiger partial charge in [-0.1, -0.05) is 0 Å². The number of nitrogens with one attached hydrogen (secondary N) is 1. The number of amides is 1. The molecule has 1 atom stereocenters. The van der Waals surface area contributed by atoms with Crippen molar-refractivity contribution in [3.05, 3.63) is 0 Å². The van der Waals surface area contributed by atoms with Gasteiger partial charge in [-0.05, 0) is 42.7 Å². The van der Waals surface area contributed by atoms with Gasteiger partial charge in [0.25, 0.3) is 0 Å². The van der Waals surface area contributed by atoms with Crippen LogP contribution < -0.4 is 4.72 Å². The van der Waals surface area contributed by atoms with E-state index in [1.807, 2.05) is 35.1 Å². The van der Waals surface area contributed by atoms with E-state index in [0.717, 1.165) is 0 Å². The van der Waals surface area contributed by atoms with Crippen LogP contribution in [0, 0.1) is 0 Å². The molecule has 0 saturated carbocycles. The van der Waals surface area contributed by atoms with E-state index in [-0.39, 0.29) is 12.0 Å². The highest BCUT2D eigenvalue weighted by Gasteiger charge is 2.27. The zero-order valence-electron chi connectivity index (χ0n) is 11.6. The molecule has 0 spiro atoms. The fraction of sp³-hybridized carbons (Fsp3) is 0.818. The molecule has 6 nitrogen and oxygen atoms in total. The summed E-state index contributed by atoms with van der Waals surface area (Å²) in [5, 5.41) is 8.92. The number of hydrogen-bond acceptors (Lipinski definition) is 5. The predicted molar refractivity (Wildman–Crippen MR) is 84.3 cm³/mol. The van der Waals surface area contributed by atoms with Crippen LogP contribution in [0.2, 0.25) is 0 Å². The summed E-state index contributed by atoms with van der Waals surface area (Å²) < 4.78 is 7.99. The van der Waals surface area contributed by atoms with Crippen molar-refractivity contribution in [2.45, 2.75) is 45.2 Å². The van der Waals surface area contributed by atoms with Crippen LogP contribution in [0.1, 0.15) is 33.6 Å². The quantitative estimate of drug-likeness (QED) is 0.280. The SMILES string of the molecule is CC(NSI)C(=O)OCCCC(C)(C)N(C)C(=O)O. The summed E-state index contributed by atoms with van der Waals surface area (Å²) in [4.78, 5) is 23.6. The fourth-order valence-electron chi connectivity index (χ4n) is 1.34. The third-order valence-electron chi connectivity index (χ3n) is 2.95. The van der Waals surface area contributed by atoms with Crippen LogP contribution >= 0.6 is 30.3 Å². The Hall–Kier alpha value is -0.220. The molecule has 2 N–H and O–H groups in total. The van der Waals surface area contributed by atoms with Crippen molar-refractivity contribution < 1.29 is 19.4 Å². The molecule has 1 unspecified atom stereocenters. The molecular weight excluding hydrogens is 383 g/mol. The summed E-state index contributed by atoms with van der Waals surface area (Å²) in [5.74, 6) is -0.298. The Bertz CT molecular complexity index is 315. The molecule has 19 heavy (non-hydrogen) atoms. The van der Waals surface area contributed by atoms with Gasteiger partial charge in [0.2, 0.25) is 0 Å². The van der Waals surface area contributed by atoms with Gasteiger partial charge in [-0.2, -0.15) is 0 Å². The smallest absolute Gasteiger partial charge is 0.407 e. The van der Waals surface area contributed by atoms with Crippen LogP contribution in [0.15, 0.2) is 0 Å². The molecule has 0 radical (unpaired) electrons. The first kappa shape index (κ1) is 18.8. The van der Waals surface area contributed by atoms with Crippen molar-refractivity contribution in [1.82, 2.24) is 9.62 Å². The number of carboxylic acid groups (broad SMARTS) is 1. The van der Waals surface area contributed by atoms with E-state index in [1.165, 1.54) is 21.1 Å². The van der Waals surface area contributed by atoms with Crippen molar-refractivity contribution in [2.75, 3.05) is 13.7 Å². The minimum Gasteiger partial charge on any atom is -0.465 e. The molecule has 1 amide bonds. The van der Waals surface area contributed by atoms with E-state index in [1.54, 1.807) is 6.92 Å². The molecule has 0 rings (SSSR count). The van der Waals surface area contributed by atoms with Crippen molar-refractivity contribution in [1.29, 1.82) is 0 Å². The van der Waals surface area contributed by atoms with Gasteiger partial charge in [-0.25, -0.2) is 9.52 Å². The van der Waals surface area contributed by atoms with Gasteiger partial charge in [0, 0.05) is 33.8 Å².